The molecule has 1 fully saturated rings. The van der Waals surface area contributed by atoms with Crippen molar-refractivity contribution in [3.05, 3.63) is 64.7 Å². The number of rotatable bonds is 5. The molecule has 0 saturated carbocycles. The van der Waals surface area contributed by atoms with Crippen LogP contribution in [0.15, 0.2) is 48.9 Å². The summed E-state index contributed by atoms with van der Waals surface area (Å²) in [5.41, 5.74) is 2.79. The fourth-order valence-corrected chi connectivity index (χ4v) is 3.86. The highest BCUT2D eigenvalue weighted by Crippen LogP contribution is 2.34. The van der Waals surface area contributed by atoms with E-state index in [1.165, 1.54) is 18.5 Å². The van der Waals surface area contributed by atoms with Crippen LogP contribution in [0.1, 0.15) is 19.5 Å². The molecule has 3 heterocycles. The predicted molar refractivity (Wildman–Crippen MR) is 128 cm³/mol. The van der Waals surface area contributed by atoms with E-state index in [1.807, 2.05) is 25.7 Å². The van der Waals surface area contributed by atoms with Gasteiger partial charge in [-0.05, 0) is 39.0 Å². The van der Waals surface area contributed by atoms with Gasteiger partial charge in [0.05, 0.1) is 47.1 Å². The number of nitrogens with zero attached hydrogens (tertiary/aromatic N) is 5. The molecule has 4 rings (SSSR count). The van der Waals surface area contributed by atoms with E-state index in [2.05, 4.69) is 25.6 Å². The number of hydrogen-bond donors (Lipinski definition) is 2. The summed E-state index contributed by atoms with van der Waals surface area (Å²) in [5.74, 6) is 0.206. The molecule has 1 aliphatic rings. The number of nitro benzene ring substituents is 1. The van der Waals surface area contributed by atoms with E-state index in [4.69, 9.17) is 4.74 Å². The molecule has 2 unspecified atom stereocenters. The van der Waals surface area contributed by atoms with Gasteiger partial charge in [0.15, 0.2) is 5.82 Å². The molecular weight excluding hydrogens is 438 g/mol. The van der Waals surface area contributed by atoms with Gasteiger partial charge in [0.1, 0.15) is 5.69 Å². The number of aryl methyl sites for hydroxylation is 1. The van der Waals surface area contributed by atoms with Crippen molar-refractivity contribution in [2.75, 3.05) is 28.6 Å². The molecule has 2 N–H and O–H groups in total. The second kappa shape index (κ2) is 9.79. The van der Waals surface area contributed by atoms with Crippen LogP contribution >= 0.6 is 0 Å². The summed E-state index contributed by atoms with van der Waals surface area (Å²) >= 11 is 0. The normalized spacial score (nSPS) is 17.8. The summed E-state index contributed by atoms with van der Waals surface area (Å²) in [7, 11) is 0. The van der Waals surface area contributed by atoms with Gasteiger partial charge in [-0.3, -0.25) is 25.4 Å². The number of benzene rings is 1. The van der Waals surface area contributed by atoms with E-state index in [1.54, 1.807) is 30.5 Å². The number of nitro groups is 1. The van der Waals surface area contributed by atoms with E-state index < -0.39 is 11.0 Å². The molecule has 1 aromatic carbocycles. The molecule has 0 bridgehead atoms. The molecule has 3 aromatic rings. The second-order valence-electron chi connectivity index (χ2n) is 8.18. The van der Waals surface area contributed by atoms with Crippen molar-refractivity contribution in [2.45, 2.75) is 33.0 Å². The number of aromatic nitrogens is 3. The number of carbonyl (C=O) groups is 1. The lowest BCUT2D eigenvalue weighted by atomic mass is 10.1. The molecule has 0 spiro atoms. The first kappa shape index (κ1) is 23.1. The van der Waals surface area contributed by atoms with Crippen LogP contribution in [0.25, 0.3) is 11.3 Å². The number of morpholine rings is 1. The molecular formula is C23H25N7O4. The third-order valence-corrected chi connectivity index (χ3v) is 5.27. The Morgan fingerprint density at radius 3 is 2.56 bits per heavy atom. The minimum Gasteiger partial charge on any atom is -0.372 e. The van der Waals surface area contributed by atoms with Gasteiger partial charge in [-0.1, -0.05) is 6.07 Å². The maximum absolute atomic E-state index is 12.3. The molecule has 2 atom stereocenters. The Bertz CT molecular complexity index is 1190. The highest BCUT2D eigenvalue weighted by molar-refractivity contribution is 5.99. The van der Waals surface area contributed by atoms with Gasteiger partial charge in [-0.15, -0.1) is 0 Å². The molecule has 2 aromatic heterocycles. The molecule has 0 aliphatic carbocycles. The standard InChI is InChI=1S/C23H25N7O4/c1-14-4-6-18(9-25-14)26-23(31)28-22-11-24-10-19(27-22)17-5-7-20(21(8-17)30(32)33)29-12-15(2)34-16(3)13-29/h4-11,15-16H,12-13H2,1-3H3,(H2,26,27,28,31). The summed E-state index contributed by atoms with van der Waals surface area (Å²) in [6.07, 6.45) is 4.38. The van der Waals surface area contributed by atoms with Crippen LogP contribution in [0.2, 0.25) is 0 Å². The van der Waals surface area contributed by atoms with Crippen LogP contribution in [-0.4, -0.2) is 51.2 Å². The number of hydrogen-bond acceptors (Lipinski definition) is 8. The van der Waals surface area contributed by atoms with Gasteiger partial charge in [0.2, 0.25) is 0 Å². The fraction of sp³-hybridized carbons (Fsp3) is 0.304. The average Bonchev–Trinajstić information content (AvgIpc) is 2.79. The first-order chi connectivity index (χ1) is 16.3. The van der Waals surface area contributed by atoms with Crippen molar-refractivity contribution in [1.29, 1.82) is 0 Å². The monoisotopic (exact) mass is 463 g/mol. The minimum absolute atomic E-state index is 0.0245. The van der Waals surface area contributed by atoms with E-state index in [9.17, 15) is 14.9 Å². The van der Waals surface area contributed by atoms with Crippen LogP contribution < -0.4 is 15.5 Å². The predicted octanol–water partition coefficient (Wildman–Crippen LogP) is 4.01. The zero-order valence-corrected chi connectivity index (χ0v) is 19.1. The SMILES string of the molecule is Cc1ccc(NC(=O)Nc2cncc(-c3ccc(N4CC(C)OC(C)C4)c([N+](=O)[O-])c3)n2)cn1. The number of carbonyl (C=O) groups excluding carboxylic acids is 1. The summed E-state index contributed by atoms with van der Waals surface area (Å²) in [5, 5.41) is 17.1. The maximum atomic E-state index is 12.3. The van der Waals surface area contributed by atoms with E-state index in [0.717, 1.165) is 5.69 Å². The van der Waals surface area contributed by atoms with Crippen molar-refractivity contribution in [1.82, 2.24) is 15.0 Å². The summed E-state index contributed by atoms with van der Waals surface area (Å²) in [6.45, 7) is 6.87. The Labute approximate surface area is 196 Å². The smallest absolute Gasteiger partial charge is 0.324 e. The van der Waals surface area contributed by atoms with E-state index in [-0.39, 0.29) is 23.7 Å². The lowest BCUT2D eigenvalue weighted by Gasteiger charge is -2.36. The number of urea groups is 1. The first-order valence-electron chi connectivity index (χ1n) is 10.8. The largest absolute Gasteiger partial charge is 0.372 e. The molecule has 11 heteroatoms. The third kappa shape index (κ3) is 5.44. The number of nitrogens with one attached hydrogen (secondary N) is 2. The second-order valence-corrected chi connectivity index (χ2v) is 8.18. The van der Waals surface area contributed by atoms with Crippen LogP contribution in [0.4, 0.5) is 27.7 Å². The molecule has 1 saturated heterocycles. The fourth-order valence-electron chi connectivity index (χ4n) is 3.86. The molecule has 2 amide bonds. The Hall–Kier alpha value is -4.12. The van der Waals surface area contributed by atoms with Crippen LogP contribution in [-0.2, 0) is 4.74 Å². The van der Waals surface area contributed by atoms with Crippen molar-refractivity contribution >= 4 is 28.9 Å². The quantitative estimate of drug-likeness (QED) is 0.428. The lowest BCUT2D eigenvalue weighted by Crippen LogP contribution is -2.45. The molecule has 34 heavy (non-hydrogen) atoms. The van der Waals surface area contributed by atoms with Crippen molar-refractivity contribution in [2.24, 2.45) is 0 Å². The average molecular weight is 463 g/mol. The zero-order valence-electron chi connectivity index (χ0n) is 19.1. The Morgan fingerprint density at radius 1 is 1.12 bits per heavy atom. The Kier molecular flexibility index (Phi) is 6.64. The number of anilines is 3. The van der Waals surface area contributed by atoms with Crippen molar-refractivity contribution < 1.29 is 14.5 Å². The van der Waals surface area contributed by atoms with Gasteiger partial charge in [0, 0.05) is 30.4 Å². The minimum atomic E-state index is -0.506. The zero-order chi connectivity index (χ0) is 24.2. The Morgan fingerprint density at radius 2 is 1.88 bits per heavy atom. The van der Waals surface area contributed by atoms with E-state index >= 15 is 0 Å². The maximum Gasteiger partial charge on any atom is 0.324 e. The van der Waals surface area contributed by atoms with Crippen LogP contribution in [0.3, 0.4) is 0 Å². The number of amides is 2. The lowest BCUT2D eigenvalue weighted by molar-refractivity contribution is -0.384. The summed E-state index contributed by atoms with van der Waals surface area (Å²) in [6, 6.07) is 7.97. The molecule has 176 valence electrons. The first-order valence-corrected chi connectivity index (χ1v) is 10.8. The van der Waals surface area contributed by atoms with Gasteiger partial charge < -0.3 is 15.0 Å². The number of ether oxygens (including phenoxy) is 1. The number of pyridine rings is 1. The van der Waals surface area contributed by atoms with Crippen LogP contribution in [0.5, 0.6) is 0 Å². The topological polar surface area (TPSA) is 135 Å². The summed E-state index contributed by atoms with van der Waals surface area (Å²) < 4.78 is 5.75. The van der Waals surface area contributed by atoms with Crippen LogP contribution in [0, 0.1) is 17.0 Å². The van der Waals surface area contributed by atoms with Gasteiger partial charge in [0.25, 0.3) is 5.69 Å². The van der Waals surface area contributed by atoms with Gasteiger partial charge >= 0.3 is 6.03 Å². The van der Waals surface area contributed by atoms with Crippen molar-refractivity contribution in [3.63, 3.8) is 0 Å². The van der Waals surface area contributed by atoms with E-state index in [0.29, 0.717) is 35.7 Å². The highest BCUT2D eigenvalue weighted by Gasteiger charge is 2.28. The Balaban J connectivity index is 1.54. The highest BCUT2D eigenvalue weighted by atomic mass is 16.6. The van der Waals surface area contributed by atoms with Gasteiger partial charge in [-0.25, -0.2) is 9.78 Å². The van der Waals surface area contributed by atoms with Crippen molar-refractivity contribution in [3.8, 4) is 11.3 Å². The molecule has 0 radical (unpaired) electrons. The molecule has 11 nitrogen and oxygen atoms in total. The van der Waals surface area contributed by atoms with Gasteiger partial charge in [-0.2, -0.15) is 0 Å². The summed E-state index contributed by atoms with van der Waals surface area (Å²) in [4.78, 5) is 38.4. The molecule has 1 aliphatic heterocycles. The third-order valence-electron chi connectivity index (χ3n) is 5.27.